The number of amides is 1. The fourth-order valence-electron chi connectivity index (χ4n) is 3.62. The van der Waals surface area contributed by atoms with E-state index in [4.69, 9.17) is 4.18 Å². The van der Waals surface area contributed by atoms with Crippen LogP contribution in [0.4, 0.5) is 10.1 Å². The summed E-state index contributed by atoms with van der Waals surface area (Å²) in [7, 11) is -3.74. The molecule has 1 aromatic carbocycles. The Morgan fingerprint density at radius 3 is 2.53 bits per heavy atom. The summed E-state index contributed by atoms with van der Waals surface area (Å²) in [5.74, 6) is -0.484. The van der Waals surface area contributed by atoms with E-state index in [2.05, 4.69) is 4.98 Å². The second-order valence-electron chi connectivity index (χ2n) is 8.20. The third-order valence-electron chi connectivity index (χ3n) is 5.04. The lowest BCUT2D eigenvalue weighted by Crippen LogP contribution is -2.32. The SMILES string of the molecule is CC(=O)N1CC(C)(C)c2nc(C(O)COS(C)(=O)=O)c(Cc3ccc(F)cc3)cc21. The molecular weight excluding hydrogens is 411 g/mol. The van der Waals surface area contributed by atoms with Crippen molar-refractivity contribution in [2.24, 2.45) is 0 Å². The summed E-state index contributed by atoms with van der Waals surface area (Å²) in [5.41, 5.74) is 2.52. The van der Waals surface area contributed by atoms with E-state index in [1.807, 2.05) is 13.8 Å². The third-order valence-corrected chi connectivity index (χ3v) is 5.61. The maximum Gasteiger partial charge on any atom is 0.264 e. The minimum atomic E-state index is -3.74. The molecule has 1 unspecified atom stereocenters. The van der Waals surface area contributed by atoms with Crippen molar-refractivity contribution < 1.29 is 26.9 Å². The summed E-state index contributed by atoms with van der Waals surface area (Å²) in [6, 6.07) is 7.71. The molecule has 3 rings (SSSR count). The first-order chi connectivity index (χ1) is 13.9. The van der Waals surface area contributed by atoms with E-state index < -0.39 is 28.2 Å². The van der Waals surface area contributed by atoms with Gasteiger partial charge in [0, 0.05) is 18.9 Å². The summed E-state index contributed by atoms with van der Waals surface area (Å²) in [6.07, 6.45) is -0.0659. The monoisotopic (exact) mass is 436 g/mol. The topological polar surface area (TPSA) is 96.8 Å². The zero-order valence-electron chi connectivity index (χ0n) is 17.3. The lowest BCUT2D eigenvalue weighted by atomic mass is 9.90. The molecule has 162 valence electrons. The van der Waals surface area contributed by atoms with Gasteiger partial charge in [-0.2, -0.15) is 8.42 Å². The van der Waals surface area contributed by atoms with Gasteiger partial charge in [0.25, 0.3) is 10.1 Å². The van der Waals surface area contributed by atoms with Gasteiger partial charge >= 0.3 is 0 Å². The van der Waals surface area contributed by atoms with E-state index in [-0.39, 0.29) is 17.4 Å². The highest BCUT2D eigenvalue weighted by Crippen LogP contribution is 2.41. The number of rotatable bonds is 6. The quantitative estimate of drug-likeness (QED) is 0.699. The number of carbonyl (C=O) groups excluding carboxylic acids is 1. The van der Waals surface area contributed by atoms with Gasteiger partial charge in [0.2, 0.25) is 5.91 Å². The molecule has 0 aliphatic carbocycles. The first-order valence-electron chi connectivity index (χ1n) is 9.47. The molecule has 1 N–H and O–H groups in total. The van der Waals surface area contributed by atoms with Gasteiger partial charge < -0.3 is 10.0 Å². The van der Waals surface area contributed by atoms with Crippen molar-refractivity contribution in [3.8, 4) is 0 Å². The van der Waals surface area contributed by atoms with E-state index in [1.165, 1.54) is 19.1 Å². The molecule has 1 atom stereocenters. The van der Waals surface area contributed by atoms with E-state index >= 15 is 0 Å². The van der Waals surface area contributed by atoms with Gasteiger partial charge in [0.1, 0.15) is 11.9 Å². The zero-order valence-corrected chi connectivity index (χ0v) is 18.2. The maximum absolute atomic E-state index is 13.3. The fourth-order valence-corrected chi connectivity index (χ4v) is 3.99. The number of pyridine rings is 1. The fraction of sp³-hybridized carbons (Fsp3) is 0.429. The Balaban J connectivity index is 2.08. The van der Waals surface area contributed by atoms with Crippen LogP contribution in [0.1, 0.15) is 49.4 Å². The number of aliphatic hydroxyl groups is 1. The van der Waals surface area contributed by atoms with E-state index in [0.29, 0.717) is 29.9 Å². The number of halogens is 1. The average molecular weight is 437 g/mol. The Morgan fingerprint density at radius 1 is 1.33 bits per heavy atom. The highest BCUT2D eigenvalue weighted by molar-refractivity contribution is 7.85. The van der Waals surface area contributed by atoms with Crippen molar-refractivity contribution in [2.75, 3.05) is 24.3 Å². The second-order valence-corrected chi connectivity index (χ2v) is 9.84. The highest BCUT2D eigenvalue weighted by Gasteiger charge is 2.39. The van der Waals surface area contributed by atoms with Crippen LogP contribution in [0, 0.1) is 5.82 Å². The number of anilines is 1. The Morgan fingerprint density at radius 2 is 1.97 bits per heavy atom. The molecular formula is C21H25FN2O5S. The molecule has 0 bridgehead atoms. The second kappa shape index (κ2) is 8.05. The molecule has 1 aliphatic heterocycles. The van der Waals surface area contributed by atoms with Crippen LogP contribution in [0.5, 0.6) is 0 Å². The normalized spacial score (nSPS) is 16.4. The van der Waals surface area contributed by atoms with Crippen LogP contribution >= 0.6 is 0 Å². The summed E-state index contributed by atoms with van der Waals surface area (Å²) < 4.78 is 40.7. The van der Waals surface area contributed by atoms with Crippen LogP contribution in [-0.4, -0.2) is 43.8 Å². The summed E-state index contributed by atoms with van der Waals surface area (Å²) in [5, 5.41) is 10.7. The maximum atomic E-state index is 13.3. The molecule has 0 radical (unpaired) electrons. The summed E-state index contributed by atoms with van der Waals surface area (Å²) >= 11 is 0. The number of hydrogen-bond acceptors (Lipinski definition) is 6. The van der Waals surface area contributed by atoms with E-state index in [9.17, 15) is 22.7 Å². The largest absolute Gasteiger partial charge is 0.384 e. The molecule has 2 aromatic rings. The Kier molecular flexibility index (Phi) is 5.99. The molecule has 2 heterocycles. The Hall–Kier alpha value is -2.36. The summed E-state index contributed by atoms with van der Waals surface area (Å²) in [4.78, 5) is 18.5. The smallest absolute Gasteiger partial charge is 0.264 e. The molecule has 0 saturated heterocycles. The van der Waals surface area contributed by atoms with Gasteiger partial charge in [0.05, 0.1) is 29.9 Å². The molecule has 0 fully saturated rings. The number of aromatic nitrogens is 1. The van der Waals surface area contributed by atoms with Crippen LogP contribution < -0.4 is 4.90 Å². The molecule has 7 nitrogen and oxygen atoms in total. The van der Waals surface area contributed by atoms with Crippen molar-refractivity contribution >= 4 is 21.7 Å². The van der Waals surface area contributed by atoms with Gasteiger partial charge in [-0.3, -0.25) is 14.0 Å². The van der Waals surface area contributed by atoms with Crippen LogP contribution in [0.15, 0.2) is 30.3 Å². The lowest BCUT2D eigenvalue weighted by Gasteiger charge is -2.20. The van der Waals surface area contributed by atoms with Crippen molar-refractivity contribution in [3.05, 3.63) is 58.7 Å². The average Bonchev–Trinajstić information content (AvgIpc) is 2.91. The van der Waals surface area contributed by atoms with Crippen LogP contribution in [-0.2, 0) is 30.9 Å². The number of benzene rings is 1. The number of aliphatic hydroxyl groups excluding tert-OH is 1. The van der Waals surface area contributed by atoms with Gasteiger partial charge in [-0.15, -0.1) is 0 Å². The van der Waals surface area contributed by atoms with Crippen molar-refractivity contribution in [1.82, 2.24) is 4.98 Å². The van der Waals surface area contributed by atoms with Crippen molar-refractivity contribution in [3.63, 3.8) is 0 Å². The molecule has 0 saturated carbocycles. The number of fused-ring (bicyclic) bond motifs is 1. The molecule has 1 amide bonds. The van der Waals surface area contributed by atoms with E-state index in [0.717, 1.165) is 11.8 Å². The summed E-state index contributed by atoms with van der Waals surface area (Å²) in [6.45, 7) is 5.35. The Labute approximate surface area is 175 Å². The van der Waals surface area contributed by atoms with E-state index in [1.54, 1.807) is 23.1 Å². The predicted molar refractivity (Wildman–Crippen MR) is 110 cm³/mol. The highest BCUT2D eigenvalue weighted by atomic mass is 32.2. The zero-order chi connectivity index (χ0) is 22.3. The van der Waals surface area contributed by atoms with Gasteiger partial charge in [-0.25, -0.2) is 4.39 Å². The molecule has 1 aliphatic rings. The third kappa shape index (κ3) is 4.85. The Bertz CT molecular complexity index is 1070. The number of nitrogens with zero attached hydrogens (tertiary/aromatic N) is 2. The lowest BCUT2D eigenvalue weighted by molar-refractivity contribution is -0.116. The van der Waals surface area contributed by atoms with Gasteiger partial charge in [-0.05, 0) is 35.7 Å². The van der Waals surface area contributed by atoms with Crippen molar-refractivity contribution in [2.45, 2.75) is 38.7 Å². The standard InChI is InChI=1S/C21H25FN2O5S/c1-13(25)24-12-21(2,3)20-17(24)10-15(9-14-5-7-16(22)8-6-14)19(23-20)18(26)11-29-30(4,27)28/h5-8,10,18,26H,9,11-12H2,1-4H3. The number of carbonyl (C=O) groups is 1. The number of hydrogen-bond donors (Lipinski definition) is 1. The first-order valence-corrected chi connectivity index (χ1v) is 11.3. The molecule has 9 heteroatoms. The molecule has 30 heavy (non-hydrogen) atoms. The van der Waals surface area contributed by atoms with Gasteiger partial charge in [-0.1, -0.05) is 26.0 Å². The van der Waals surface area contributed by atoms with Crippen molar-refractivity contribution in [1.29, 1.82) is 0 Å². The van der Waals surface area contributed by atoms with Crippen LogP contribution in [0.2, 0.25) is 0 Å². The van der Waals surface area contributed by atoms with Gasteiger partial charge in [0.15, 0.2) is 0 Å². The minimum absolute atomic E-state index is 0.120. The first kappa shape index (κ1) is 22.3. The van der Waals surface area contributed by atoms with Crippen LogP contribution in [0.25, 0.3) is 0 Å². The minimum Gasteiger partial charge on any atom is -0.384 e. The molecule has 1 aromatic heterocycles. The predicted octanol–water partition coefficient (Wildman–Crippen LogP) is 2.47. The molecule has 0 spiro atoms. The van der Waals surface area contributed by atoms with Crippen LogP contribution in [0.3, 0.4) is 0 Å².